The lowest BCUT2D eigenvalue weighted by Crippen LogP contribution is -2.15. The molecule has 38 heavy (non-hydrogen) atoms. The molecule has 6 rings (SSSR count). The molecule has 0 unspecified atom stereocenters. The van der Waals surface area contributed by atoms with E-state index < -0.39 is 0 Å². The summed E-state index contributed by atoms with van der Waals surface area (Å²) < 4.78 is 13.5. The van der Waals surface area contributed by atoms with Crippen LogP contribution in [0.2, 0.25) is 0 Å². The van der Waals surface area contributed by atoms with Crippen LogP contribution in [0.1, 0.15) is 20.8 Å². The minimum atomic E-state index is -0.279. The van der Waals surface area contributed by atoms with Gasteiger partial charge in [-0.05, 0) is 47.5 Å². The van der Waals surface area contributed by atoms with E-state index in [0.717, 1.165) is 50.1 Å². The molecule has 2 aromatic carbocycles. The molecule has 0 spiro atoms. The molecule has 6 aromatic rings. The predicted octanol–water partition coefficient (Wildman–Crippen LogP) is 7.34. The number of halogens is 1. The molecule has 0 amide bonds. The minimum absolute atomic E-state index is 0.0708. The van der Waals surface area contributed by atoms with Crippen molar-refractivity contribution in [2.24, 2.45) is 5.41 Å². The van der Waals surface area contributed by atoms with Crippen molar-refractivity contribution in [3.8, 4) is 33.8 Å². The largest absolute Gasteiger partial charge is 0.358 e. The molecule has 0 aliphatic heterocycles. The van der Waals surface area contributed by atoms with Crippen LogP contribution in [0.3, 0.4) is 0 Å². The van der Waals surface area contributed by atoms with Crippen LogP contribution in [-0.2, 0) is 0 Å². The zero-order chi connectivity index (χ0) is 26.4. The molecule has 4 aromatic heterocycles. The lowest BCUT2D eigenvalue weighted by molar-refractivity contribution is 0.509. The van der Waals surface area contributed by atoms with Gasteiger partial charge >= 0.3 is 0 Å². The van der Waals surface area contributed by atoms with E-state index in [0.29, 0.717) is 17.2 Å². The summed E-state index contributed by atoms with van der Waals surface area (Å²) >= 11 is 0. The fourth-order valence-electron chi connectivity index (χ4n) is 4.30. The number of pyridine rings is 2. The number of fused-ring (bicyclic) bond motifs is 2. The summed E-state index contributed by atoms with van der Waals surface area (Å²) in [5, 5.41) is 12.0. The number of imidazole rings is 1. The van der Waals surface area contributed by atoms with E-state index in [4.69, 9.17) is 4.98 Å². The monoisotopic (exact) mass is 503 g/mol. The Balaban J connectivity index is 1.39. The van der Waals surface area contributed by atoms with Crippen LogP contribution in [-0.4, -0.2) is 30.1 Å². The number of aromatic amines is 2. The number of benzene rings is 2. The number of H-pyrrole nitrogens is 2. The molecule has 0 radical (unpaired) electrons. The molecule has 0 bridgehead atoms. The zero-order valence-corrected chi connectivity index (χ0v) is 21.3. The highest BCUT2D eigenvalue weighted by molar-refractivity contribution is 5.97. The van der Waals surface area contributed by atoms with Crippen LogP contribution < -0.4 is 5.32 Å². The van der Waals surface area contributed by atoms with Gasteiger partial charge in [0.1, 0.15) is 11.5 Å². The van der Waals surface area contributed by atoms with Crippen molar-refractivity contribution in [3.05, 3.63) is 91.3 Å². The van der Waals surface area contributed by atoms with Gasteiger partial charge in [0.15, 0.2) is 11.5 Å². The van der Waals surface area contributed by atoms with E-state index in [1.165, 1.54) is 12.1 Å². The second-order valence-electron chi connectivity index (χ2n) is 10.3. The van der Waals surface area contributed by atoms with Crippen molar-refractivity contribution in [2.75, 3.05) is 5.32 Å². The fraction of sp³-hybridized carbons (Fsp3) is 0.133. The average Bonchev–Trinajstić information content (AvgIpc) is 3.52. The molecule has 188 valence electrons. The number of hydrogen-bond donors (Lipinski definition) is 3. The lowest BCUT2D eigenvalue weighted by atomic mass is 9.93. The molecule has 0 aliphatic carbocycles. The van der Waals surface area contributed by atoms with Crippen LogP contribution in [0, 0.1) is 11.2 Å². The van der Waals surface area contributed by atoms with Gasteiger partial charge < -0.3 is 10.3 Å². The highest BCUT2D eigenvalue weighted by Gasteiger charge is 2.17. The third-order valence-electron chi connectivity index (χ3n) is 6.61. The van der Waals surface area contributed by atoms with E-state index in [1.54, 1.807) is 24.5 Å². The minimum Gasteiger partial charge on any atom is -0.358 e. The van der Waals surface area contributed by atoms with Crippen molar-refractivity contribution in [3.63, 3.8) is 0 Å². The van der Waals surface area contributed by atoms with Crippen LogP contribution >= 0.6 is 0 Å². The SMILES string of the molecule is C=C(Nc1cncc(-c2ccc3[nH]nc(-c4nc5nccc(-c6ccc(F)cc6)c5[nH]4)c3c2)c1)C(C)(C)C. The third-order valence-corrected chi connectivity index (χ3v) is 6.61. The Bertz CT molecular complexity index is 1810. The van der Waals surface area contributed by atoms with Crippen molar-refractivity contribution in [1.29, 1.82) is 0 Å². The molecule has 3 N–H and O–H groups in total. The molecule has 8 heteroatoms. The standard InChI is InChI=1S/C30H26FN7/c1-17(30(2,3)4)34-22-13-20(15-32-16-22)19-7-10-25-24(14-19)27(38-37-25)29-35-26-23(11-12-33-28(26)36-29)18-5-8-21(31)9-6-18/h5-16,34H,1H2,2-4H3,(H,37,38)(H,33,35,36). The zero-order valence-electron chi connectivity index (χ0n) is 21.3. The number of aromatic nitrogens is 6. The molecule has 4 heterocycles. The van der Waals surface area contributed by atoms with Crippen LogP contribution in [0.25, 0.3) is 55.8 Å². The molecule has 0 saturated heterocycles. The fourth-order valence-corrected chi connectivity index (χ4v) is 4.30. The van der Waals surface area contributed by atoms with Crippen molar-refractivity contribution >= 4 is 27.8 Å². The normalized spacial score (nSPS) is 11.8. The summed E-state index contributed by atoms with van der Waals surface area (Å²) in [5.41, 5.74) is 8.37. The van der Waals surface area contributed by atoms with Crippen LogP contribution in [0.15, 0.2) is 85.5 Å². The van der Waals surface area contributed by atoms with Gasteiger partial charge in [0.2, 0.25) is 0 Å². The lowest BCUT2D eigenvalue weighted by Gasteiger charge is -2.23. The first-order valence-electron chi connectivity index (χ1n) is 12.3. The summed E-state index contributed by atoms with van der Waals surface area (Å²) in [6.45, 7) is 10.5. The number of nitrogens with one attached hydrogen (secondary N) is 3. The Morgan fingerprint density at radius 2 is 1.74 bits per heavy atom. The first kappa shape index (κ1) is 23.5. The van der Waals surface area contributed by atoms with E-state index in [-0.39, 0.29) is 11.2 Å². The van der Waals surface area contributed by atoms with Gasteiger partial charge in [-0.1, -0.05) is 45.5 Å². The average molecular weight is 504 g/mol. The quantitative estimate of drug-likeness (QED) is 0.229. The third kappa shape index (κ3) is 4.30. The van der Waals surface area contributed by atoms with E-state index in [2.05, 4.69) is 69.9 Å². The molecule has 0 atom stereocenters. The summed E-state index contributed by atoms with van der Waals surface area (Å²) in [4.78, 5) is 17.0. The highest BCUT2D eigenvalue weighted by atomic mass is 19.1. The maximum Gasteiger partial charge on any atom is 0.178 e. The summed E-state index contributed by atoms with van der Waals surface area (Å²) in [6.07, 6.45) is 5.34. The number of nitrogens with zero attached hydrogens (tertiary/aromatic N) is 4. The molecule has 0 aliphatic rings. The summed E-state index contributed by atoms with van der Waals surface area (Å²) in [7, 11) is 0. The Labute approximate surface area is 218 Å². The molecule has 7 nitrogen and oxygen atoms in total. The maximum atomic E-state index is 13.5. The summed E-state index contributed by atoms with van der Waals surface area (Å²) in [6, 6.07) is 16.4. The van der Waals surface area contributed by atoms with Gasteiger partial charge in [-0.15, -0.1) is 0 Å². The Hall–Kier alpha value is -4.85. The smallest absolute Gasteiger partial charge is 0.178 e. The Kier molecular flexibility index (Phi) is 5.52. The van der Waals surface area contributed by atoms with Crippen molar-refractivity contribution in [2.45, 2.75) is 20.8 Å². The maximum absolute atomic E-state index is 13.5. The van der Waals surface area contributed by atoms with E-state index in [9.17, 15) is 4.39 Å². The van der Waals surface area contributed by atoms with E-state index in [1.807, 2.05) is 24.4 Å². The molecule has 0 saturated carbocycles. The number of rotatable bonds is 5. The topological polar surface area (TPSA) is 95.2 Å². The Morgan fingerprint density at radius 3 is 2.53 bits per heavy atom. The van der Waals surface area contributed by atoms with Gasteiger partial charge in [0.05, 0.1) is 22.9 Å². The second-order valence-corrected chi connectivity index (χ2v) is 10.3. The van der Waals surface area contributed by atoms with Crippen molar-refractivity contribution < 1.29 is 4.39 Å². The van der Waals surface area contributed by atoms with Crippen LogP contribution in [0.4, 0.5) is 10.1 Å². The molecular weight excluding hydrogens is 477 g/mol. The first-order valence-corrected chi connectivity index (χ1v) is 12.3. The van der Waals surface area contributed by atoms with Crippen LogP contribution in [0.5, 0.6) is 0 Å². The number of anilines is 1. The number of allylic oxidation sites excluding steroid dienone is 1. The van der Waals surface area contributed by atoms with Gasteiger partial charge in [-0.2, -0.15) is 5.10 Å². The van der Waals surface area contributed by atoms with Gasteiger partial charge in [-0.25, -0.2) is 14.4 Å². The van der Waals surface area contributed by atoms with Gasteiger partial charge in [-0.3, -0.25) is 10.1 Å². The van der Waals surface area contributed by atoms with Gasteiger partial charge in [0.25, 0.3) is 0 Å². The van der Waals surface area contributed by atoms with Crippen molar-refractivity contribution in [1.82, 2.24) is 30.1 Å². The molecular formula is C30H26FN7. The van der Waals surface area contributed by atoms with Gasteiger partial charge in [0, 0.05) is 40.0 Å². The second kappa shape index (κ2) is 8.92. The highest BCUT2D eigenvalue weighted by Crippen LogP contribution is 2.33. The predicted molar refractivity (Wildman–Crippen MR) is 150 cm³/mol. The van der Waals surface area contributed by atoms with E-state index >= 15 is 0 Å². The Morgan fingerprint density at radius 1 is 0.947 bits per heavy atom. The summed E-state index contributed by atoms with van der Waals surface area (Å²) in [5.74, 6) is 0.319. The first-order chi connectivity index (χ1) is 18.3. The number of hydrogen-bond acceptors (Lipinski definition) is 5. The molecule has 0 fully saturated rings.